The maximum Gasteiger partial charge on any atom is 0.125 e. The third-order valence-electron chi connectivity index (χ3n) is 2.02. The molecule has 1 aromatic rings. The van der Waals surface area contributed by atoms with Crippen LogP contribution in [0.2, 0.25) is 5.02 Å². The van der Waals surface area contributed by atoms with Crippen LogP contribution in [0.3, 0.4) is 0 Å². The van der Waals surface area contributed by atoms with Gasteiger partial charge in [-0.25, -0.2) is 0 Å². The van der Waals surface area contributed by atoms with Crippen LogP contribution in [0.5, 0.6) is 5.75 Å². The van der Waals surface area contributed by atoms with Crippen molar-refractivity contribution in [3.63, 3.8) is 0 Å². The Kier molecular flexibility index (Phi) is 4.36. The summed E-state index contributed by atoms with van der Waals surface area (Å²) in [5.74, 6) is 0.871. The zero-order chi connectivity index (χ0) is 11.4. The van der Waals surface area contributed by atoms with E-state index in [4.69, 9.17) is 34.3 Å². The van der Waals surface area contributed by atoms with Crippen LogP contribution in [-0.2, 0) is 0 Å². The van der Waals surface area contributed by atoms with Gasteiger partial charge in [-0.1, -0.05) is 23.8 Å². The Bertz CT molecular complexity index is 356. The van der Waals surface area contributed by atoms with Gasteiger partial charge in [-0.3, -0.25) is 0 Å². The second-order valence-electron chi connectivity index (χ2n) is 3.43. The summed E-state index contributed by atoms with van der Waals surface area (Å²) in [4.78, 5) is 0.472. The predicted octanol–water partition coefficient (Wildman–Crippen LogP) is 3.01. The average Bonchev–Trinajstić information content (AvgIpc) is 2.08. The van der Waals surface area contributed by atoms with Crippen LogP contribution in [-0.4, -0.2) is 11.6 Å². The standard InChI is InChI=1S/C11H14ClNOS/c1-7-5-9(12)6-8(2)11(7)14-4-3-10(13)15/h5-6H,3-4H2,1-2H3,(H2,13,15). The smallest absolute Gasteiger partial charge is 0.125 e. The Morgan fingerprint density at radius 3 is 2.40 bits per heavy atom. The summed E-state index contributed by atoms with van der Waals surface area (Å²) in [6.07, 6.45) is 0.594. The minimum absolute atomic E-state index is 0.472. The molecule has 0 radical (unpaired) electrons. The molecule has 15 heavy (non-hydrogen) atoms. The molecule has 1 aromatic carbocycles. The fourth-order valence-electron chi connectivity index (χ4n) is 1.38. The van der Waals surface area contributed by atoms with E-state index in [1.807, 2.05) is 26.0 Å². The molecule has 2 nitrogen and oxygen atoms in total. The summed E-state index contributed by atoms with van der Waals surface area (Å²) >= 11 is 10.7. The molecule has 0 amide bonds. The molecule has 1 rings (SSSR count). The number of ether oxygens (including phenoxy) is 1. The molecule has 0 aliphatic heterocycles. The van der Waals surface area contributed by atoms with Gasteiger partial charge in [-0.2, -0.15) is 0 Å². The molecule has 0 heterocycles. The molecular weight excluding hydrogens is 230 g/mol. The summed E-state index contributed by atoms with van der Waals surface area (Å²) < 4.78 is 5.61. The van der Waals surface area contributed by atoms with E-state index < -0.39 is 0 Å². The van der Waals surface area contributed by atoms with Crippen molar-refractivity contribution in [1.29, 1.82) is 0 Å². The average molecular weight is 244 g/mol. The summed E-state index contributed by atoms with van der Waals surface area (Å²) in [7, 11) is 0. The molecule has 2 N–H and O–H groups in total. The number of hydrogen-bond acceptors (Lipinski definition) is 2. The number of aryl methyl sites for hydroxylation is 2. The monoisotopic (exact) mass is 243 g/mol. The molecule has 0 aliphatic rings. The number of benzene rings is 1. The van der Waals surface area contributed by atoms with E-state index in [2.05, 4.69) is 0 Å². The predicted molar refractivity (Wildman–Crippen MR) is 67.8 cm³/mol. The van der Waals surface area contributed by atoms with E-state index in [-0.39, 0.29) is 0 Å². The molecule has 0 aliphatic carbocycles. The van der Waals surface area contributed by atoms with Crippen LogP contribution in [0.4, 0.5) is 0 Å². The topological polar surface area (TPSA) is 35.2 Å². The normalized spacial score (nSPS) is 10.1. The van der Waals surface area contributed by atoms with Crippen molar-refractivity contribution in [2.75, 3.05) is 6.61 Å². The maximum absolute atomic E-state index is 5.91. The van der Waals surface area contributed by atoms with Gasteiger partial charge < -0.3 is 10.5 Å². The highest BCUT2D eigenvalue weighted by atomic mass is 35.5. The van der Waals surface area contributed by atoms with E-state index in [0.29, 0.717) is 18.0 Å². The lowest BCUT2D eigenvalue weighted by atomic mass is 10.1. The van der Waals surface area contributed by atoms with Gasteiger partial charge in [0.1, 0.15) is 5.75 Å². The molecular formula is C11H14ClNOS. The second kappa shape index (κ2) is 5.33. The summed E-state index contributed by atoms with van der Waals surface area (Å²) in [5, 5.41) is 0.728. The quantitative estimate of drug-likeness (QED) is 0.826. The Hall–Kier alpha value is -0.800. The first-order valence-corrected chi connectivity index (χ1v) is 5.47. The van der Waals surface area contributed by atoms with Crippen molar-refractivity contribution < 1.29 is 4.74 Å². The van der Waals surface area contributed by atoms with E-state index in [1.165, 1.54) is 0 Å². The lowest BCUT2D eigenvalue weighted by Crippen LogP contribution is -2.13. The lowest BCUT2D eigenvalue weighted by Gasteiger charge is -2.12. The third kappa shape index (κ3) is 3.68. The van der Waals surface area contributed by atoms with Gasteiger partial charge in [0.05, 0.1) is 11.6 Å². The van der Waals surface area contributed by atoms with E-state index >= 15 is 0 Å². The van der Waals surface area contributed by atoms with Gasteiger partial charge in [-0.15, -0.1) is 0 Å². The van der Waals surface area contributed by atoms with Gasteiger partial charge in [0.25, 0.3) is 0 Å². The number of rotatable bonds is 4. The van der Waals surface area contributed by atoms with Crippen molar-refractivity contribution in [3.8, 4) is 5.75 Å². The largest absolute Gasteiger partial charge is 0.493 e. The van der Waals surface area contributed by atoms with Gasteiger partial charge in [0.15, 0.2) is 0 Å². The lowest BCUT2D eigenvalue weighted by molar-refractivity contribution is 0.325. The molecule has 4 heteroatoms. The van der Waals surface area contributed by atoms with Crippen LogP contribution in [0.25, 0.3) is 0 Å². The van der Waals surface area contributed by atoms with Crippen LogP contribution < -0.4 is 10.5 Å². The van der Waals surface area contributed by atoms with Gasteiger partial charge in [0.2, 0.25) is 0 Å². The molecule has 82 valence electrons. The number of thiocarbonyl (C=S) groups is 1. The minimum atomic E-state index is 0.472. The highest BCUT2D eigenvalue weighted by Crippen LogP contribution is 2.26. The van der Waals surface area contributed by atoms with E-state index in [1.54, 1.807) is 0 Å². The van der Waals surface area contributed by atoms with Gasteiger partial charge >= 0.3 is 0 Å². The van der Waals surface area contributed by atoms with Crippen molar-refractivity contribution in [3.05, 3.63) is 28.3 Å². The van der Waals surface area contributed by atoms with Crippen molar-refractivity contribution in [2.24, 2.45) is 5.73 Å². The number of nitrogens with two attached hydrogens (primary N) is 1. The minimum Gasteiger partial charge on any atom is -0.493 e. The first kappa shape index (κ1) is 12.3. The van der Waals surface area contributed by atoms with Crippen LogP contribution in [0, 0.1) is 13.8 Å². The highest BCUT2D eigenvalue weighted by Gasteiger charge is 2.05. The molecule has 0 saturated carbocycles. The Morgan fingerprint density at radius 2 is 1.93 bits per heavy atom. The third-order valence-corrected chi connectivity index (χ3v) is 2.44. The molecule has 0 bridgehead atoms. The van der Waals surface area contributed by atoms with Crippen molar-refractivity contribution in [1.82, 2.24) is 0 Å². The Morgan fingerprint density at radius 1 is 1.40 bits per heavy atom. The second-order valence-corrected chi connectivity index (χ2v) is 4.39. The first-order chi connectivity index (χ1) is 7.00. The zero-order valence-corrected chi connectivity index (χ0v) is 10.4. The summed E-state index contributed by atoms with van der Waals surface area (Å²) in [6, 6.07) is 3.76. The number of halogens is 1. The molecule has 0 aromatic heterocycles. The summed E-state index contributed by atoms with van der Waals surface area (Å²) in [6.45, 7) is 4.45. The zero-order valence-electron chi connectivity index (χ0n) is 8.84. The fraction of sp³-hybridized carbons (Fsp3) is 0.364. The van der Waals surface area contributed by atoms with Gasteiger partial charge in [0, 0.05) is 11.4 Å². The van der Waals surface area contributed by atoms with Crippen molar-refractivity contribution >= 4 is 28.8 Å². The van der Waals surface area contributed by atoms with E-state index in [9.17, 15) is 0 Å². The molecule has 0 fully saturated rings. The summed E-state index contributed by atoms with van der Waals surface area (Å²) in [5.41, 5.74) is 7.45. The Balaban J connectivity index is 2.72. The molecule has 0 saturated heterocycles. The van der Waals surface area contributed by atoms with Gasteiger partial charge in [-0.05, 0) is 37.1 Å². The van der Waals surface area contributed by atoms with Crippen molar-refractivity contribution in [2.45, 2.75) is 20.3 Å². The van der Waals surface area contributed by atoms with Crippen LogP contribution in [0.1, 0.15) is 17.5 Å². The number of hydrogen-bond donors (Lipinski definition) is 1. The van der Waals surface area contributed by atoms with E-state index in [0.717, 1.165) is 21.9 Å². The maximum atomic E-state index is 5.91. The first-order valence-electron chi connectivity index (χ1n) is 4.68. The highest BCUT2D eigenvalue weighted by molar-refractivity contribution is 7.80. The van der Waals surface area contributed by atoms with Crippen LogP contribution in [0.15, 0.2) is 12.1 Å². The molecule has 0 atom stereocenters. The Labute approximate surface area is 100 Å². The molecule has 0 spiro atoms. The molecule has 0 unspecified atom stereocenters. The fourth-order valence-corrected chi connectivity index (χ4v) is 1.79. The SMILES string of the molecule is Cc1cc(Cl)cc(C)c1OCCC(N)=S. The van der Waals surface area contributed by atoms with Crippen LogP contribution >= 0.6 is 23.8 Å².